The Hall–Kier alpha value is -4.50. The summed E-state index contributed by atoms with van der Waals surface area (Å²) in [5.41, 5.74) is 6.39. The molecule has 0 spiro atoms. The highest BCUT2D eigenvalue weighted by Gasteiger charge is 2.09. The van der Waals surface area contributed by atoms with E-state index in [-0.39, 0.29) is 5.69 Å². The summed E-state index contributed by atoms with van der Waals surface area (Å²) in [6.45, 7) is 0. The van der Waals surface area contributed by atoms with Crippen LogP contribution in [0.1, 0.15) is 16.8 Å². The topological polar surface area (TPSA) is 91.4 Å². The molecular formula is C24H15N5O. The molecule has 5 aromatic rings. The van der Waals surface area contributed by atoms with Gasteiger partial charge in [0, 0.05) is 11.1 Å². The molecule has 0 fully saturated rings. The summed E-state index contributed by atoms with van der Waals surface area (Å²) in [7, 11) is 0. The number of rotatable bonds is 4. The van der Waals surface area contributed by atoms with Crippen molar-refractivity contribution in [1.29, 1.82) is 5.26 Å². The van der Waals surface area contributed by atoms with Crippen molar-refractivity contribution in [3.05, 3.63) is 89.6 Å². The molecule has 142 valence electrons. The number of hydrogen-bond acceptors (Lipinski definition) is 5. The van der Waals surface area contributed by atoms with E-state index in [4.69, 9.17) is 9.68 Å². The Bertz CT molecular complexity index is 1350. The van der Waals surface area contributed by atoms with Gasteiger partial charge in [-0.3, -0.25) is 0 Å². The largest absolute Gasteiger partial charge is 0.436 e. The number of H-pyrrole nitrogens is 1. The van der Waals surface area contributed by atoms with Crippen molar-refractivity contribution in [2.45, 2.75) is 0 Å². The lowest BCUT2D eigenvalue weighted by Gasteiger charge is -1.99. The van der Waals surface area contributed by atoms with Crippen molar-refractivity contribution < 1.29 is 4.42 Å². The molecule has 6 heteroatoms. The van der Waals surface area contributed by atoms with E-state index in [0.717, 1.165) is 33.4 Å². The Morgan fingerprint density at radius 2 is 1.47 bits per heavy atom. The normalized spacial score (nSPS) is 11.2. The van der Waals surface area contributed by atoms with Crippen LogP contribution in [0.5, 0.6) is 0 Å². The standard InChI is InChI=1S/C24H15N5O/c25-15-21-23(28-29-27-21)18-11-7-16(8-12-18)5-6-17-9-13-19(14-10-17)24-26-20-3-1-2-4-22(20)30-24/h1-14H,(H,27,28,29)/b6-5+. The quantitative estimate of drug-likeness (QED) is 0.420. The van der Waals surface area contributed by atoms with Crippen molar-refractivity contribution in [1.82, 2.24) is 20.4 Å². The van der Waals surface area contributed by atoms with Gasteiger partial charge in [-0.15, -0.1) is 5.10 Å². The number of oxazole rings is 1. The van der Waals surface area contributed by atoms with Gasteiger partial charge in [-0.1, -0.05) is 60.7 Å². The summed E-state index contributed by atoms with van der Waals surface area (Å²) in [6, 6.07) is 25.6. The van der Waals surface area contributed by atoms with Gasteiger partial charge in [-0.25, -0.2) is 4.98 Å². The minimum Gasteiger partial charge on any atom is -0.436 e. The monoisotopic (exact) mass is 389 g/mol. The SMILES string of the molecule is N#Cc1n[nH]nc1-c1ccc(/C=C/c2ccc(-c3nc4ccccc4o3)cc2)cc1. The second-order valence-corrected chi connectivity index (χ2v) is 6.70. The van der Waals surface area contributed by atoms with E-state index in [0.29, 0.717) is 11.6 Å². The van der Waals surface area contributed by atoms with Gasteiger partial charge in [0.15, 0.2) is 11.3 Å². The first-order valence-electron chi connectivity index (χ1n) is 9.35. The molecular weight excluding hydrogens is 374 g/mol. The lowest BCUT2D eigenvalue weighted by atomic mass is 10.1. The second-order valence-electron chi connectivity index (χ2n) is 6.70. The van der Waals surface area contributed by atoms with Gasteiger partial charge in [-0.2, -0.15) is 15.6 Å². The molecule has 6 nitrogen and oxygen atoms in total. The summed E-state index contributed by atoms with van der Waals surface area (Å²) in [4.78, 5) is 4.53. The molecule has 0 aliphatic heterocycles. The first kappa shape index (κ1) is 17.6. The van der Waals surface area contributed by atoms with Gasteiger partial charge >= 0.3 is 0 Å². The maximum Gasteiger partial charge on any atom is 0.227 e. The van der Waals surface area contributed by atoms with Crippen LogP contribution in [0.25, 0.3) is 46.0 Å². The van der Waals surface area contributed by atoms with Crippen LogP contribution in [-0.4, -0.2) is 20.4 Å². The van der Waals surface area contributed by atoms with Gasteiger partial charge < -0.3 is 4.42 Å². The number of aromatic nitrogens is 4. The summed E-state index contributed by atoms with van der Waals surface area (Å²) in [5.74, 6) is 0.618. The fourth-order valence-corrected chi connectivity index (χ4v) is 3.19. The van der Waals surface area contributed by atoms with Crippen LogP contribution in [0.4, 0.5) is 0 Å². The van der Waals surface area contributed by atoms with Crippen LogP contribution in [0.2, 0.25) is 0 Å². The lowest BCUT2D eigenvalue weighted by molar-refractivity contribution is 0.620. The fraction of sp³-hybridized carbons (Fsp3) is 0. The van der Waals surface area contributed by atoms with Crippen LogP contribution < -0.4 is 0 Å². The first-order valence-corrected chi connectivity index (χ1v) is 9.35. The van der Waals surface area contributed by atoms with E-state index in [9.17, 15) is 0 Å². The number of fused-ring (bicyclic) bond motifs is 1. The highest BCUT2D eigenvalue weighted by molar-refractivity contribution is 5.77. The summed E-state index contributed by atoms with van der Waals surface area (Å²) < 4.78 is 5.82. The van der Waals surface area contributed by atoms with Crippen LogP contribution in [0.15, 0.2) is 77.2 Å². The van der Waals surface area contributed by atoms with Crippen molar-refractivity contribution in [3.8, 4) is 28.8 Å². The van der Waals surface area contributed by atoms with Crippen molar-refractivity contribution >= 4 is 23.3 Å². The van der Waals surface area contributed by atoms with Crippen LogP contribution in [-0.2, 0) is 0 Å². The zero-order valence-electron chi connectivity index (χ0n) is 15.8. The summed E-state index contributed by atoms with van der Waals surface area (Å²) in [6.07, 6.45) is 4.08. The molecule has 0 bridgehead atoms. The van der Waals surface area contributed by atoms with E-state index in [1.54, 1.807) is 0 Å². The zero-order valence-corrected chi connectivity index (χ0v) is 15.8. The molecule has 0 aliphatic carbocycles. The average molecular weight is 389 g/mol. The second kappa shape index (κ2) is 7.49. The highest BCUT2D eigenvalue weighted by Crippen LogP contribution is 2.25. The first-order chi connectivity index (χ1) is 14.8. The van der Waals surface area contributed by atoms with Gasteiger partial charge in [-0.05, 0) is 35.4 Å². The number of nitriles is 1. The molecule has 0 saturated heterocycles. The minimum atomic E-state index is 0.289. The third-order valence-corrected chi connectivity index (χ3v) is 4.76. The van der Waals surface area contributed by atoms with E-state index >= 15 is 0 Å². The van der Waals surface area contributed by atoms with Gasteiger partial charge in [0.2, 0.25) is 5.89 Å². The molecule has 2 aromatic heterocycles. The predicted octanol–water partition coefficient (Wildman–Crippen LogP) is 5.32. The number of nitrogens with one attached hydrogen (secondary N) is 1. The Balaban J connectivity index is 1.32. The molecule has 1 N–H and O–H groups in total. The molecule has 0 aliphatic rings. The van der Waals surface area contributed by atoms with Crippen LogP contribution in [0, 0.1) is 11.3 Å². The predicted molar refractivity (Wildman–Crippen MR) is 115 cm³/mol. The third-order valence-electron chi connectivity index (χ3n) is 4.76. The summed E-state index contributed by atoms with van der Waals surface area (Å²) >= 11 is 0. The van der Waals surface area contributed by atoms with Gasteiger partial charge in [0.25, 0.3) is 0 Å². The molecule has 0 saturated carbocycles. The highest BCUT2D eigenvalue weighted by atomic mass is 16.3. The maximum atomic E-state index is 9.07. The molecule has 5 rings (SSSR count). The van der Waals surface area contributed by atoms with E-state index < -0.39 is 0 Å². The molecule has 30 heavy (non-hydrogen) atoms. The lowest BCUT2D eigenvalue weighted by Crippen LogP contribution is -1.83. The smallest absolute Gasteiger partial charge is 0.227 e. The minimum absolute atomic E-state index is 0.289. The molecule has 0 unspecified atom stereocenters. The van der Waals surface area contributed by atoms with E-state index in [2.05, 4.69) is 20.4 Å². The Morgan fingerprint density at radius 1 is 0.800 bits per heavy atom. The zero-order chi connectivity index (χ0) is 20.3. The van der Waals surface area contributed by atoms with Gasteiger partial charge in [0.05, 0.1) is 0 Å². The molecule has 0 amide bonds. The summed E-state index contributed by atoms with van der Waals surface area (Å²) in [5, 5.41) is 19.4. The number of para-hydroxylation sites is 2. The number of aromatic amines is 1. The number of benzene rings is 3. The number of hydrogen-bond donors (Lipinski definition) is 1. The van der Waals surface area contributed by atoms with E-state index in [1.165, 1.54) is 0 Å². The van der Waals surface area contributed by atoms with Crippen LogP contribution >= 0.6 is 0 Å². The van der Waals surface area contributed by atoms with Crippen molar-refractivity contribution in [2.24, 2.45) is 0 Å². The van der Waals surface area contributed by atoms with Gasteiger partial charge in [0.1, 0.15) is 17.3 Å². The van der Waals surface area contributed by atoms with E-state index in [1.807, 2.05) is 91.0 Å². The molecule has 0 atom stereocenters. The number of nitrogens with zero attached hydrogens (tertiary/aromatic N) is 4. The Labute approximate surface area is 172 Å². The average Bonchev–Trinajstić information content (AvgIpc) is 3.45. The Morgan fingerprint density at radius 3 is 2.13 bits per heavy atom. The van der Waals surface area contributed by atoms with Crippen LogP contribution in [0.3, 0.4) is 0 Å². The third kappa shape index (κ3) is 3.36. The fourth-order valence-electron chi connectivity index (χ4n) is 3.19. The molecule has 0 radical (unpaired) electrons. The van der Waals surface area contributed by atoms with Crippen molar-refractivity contribution in [3.63, 3.8) is 0 Å². The molecule has 2 heterocycles. The maximum absolute atomic E-state index is 9.07. The van der Waals surface area contributed by atoms with Crippen molar-refractivity contribution in [2.75, 3.05) is 0 Å². The Kier molecular flexibility index (Phi) is 4.39. The molecule has 3 aromatic carbocycles.